The van der Waals surface area contributed by atoms with Crippen molar-refractivity contribution in [1.29, 1.82) is 0 Å². The van der Waals surface area contributed by atoms with Crippen LogP contribution in [0.15, 0.2) is 69.6 Å². The second kappa shape index (κ2) is 6.92. The van der Waals surface area contributed by atoms with Gasteiger partial charge in [0.25, 0.3) is 0 Å². The Balaban J connectivity index is 1.46. The van der Waals surface area contributed by atoms with Crippen molar-refractivity contribution >= 4 is 28.3 Å². The van der Waals surface area contributed by atoms with Crippen LogP contribution in [0.5, 0.6) is 0 Å². The zero-order chi connectivity index (χ0) is 18.8. The number of amides is 1. The predicted octanol–water partition coefficient (Wildman–Crippen LogP) is 4.47. The van der Waals surface area contributed by atoms with E-state index in [9.17, 15) is 9.59 Å². The molecule has 27 heavy (non-hydrogen) atoms. The Bertz CT molecular complexity index is 1110. The number of anilines is 1. The number of ketones is 1. The first-order valence-electron chi connectivity index (χ1n) is 8.44. The number of nitrogens with one attached hydrogen (secondary N) is 1. The van der Waals surface area contributed by atoms with Crippen molar-refractivity contribution in [2.75, 3.05) is 5.32 Å². The lowest BCUT2D eigenvalue weighted by atomic mass is 10.1. The van der Waals surface area contributed by atoms with Crippen LogP contribution >= 0.6 is 0 Å². The number of nitrogens with zero attached hydrogens (tertiary/aromatic N) is 1. The molecule has 0 saturated carbocycles. The first kappa shape index (κ1) is 16.8. The van der Waals surface area contributed by atoms with E-state index < -0.39 is 0 Å². The topological polar surface area (TPSA) is 85.3 Å². The lowest BCUT2D eigenvalue weighted by molar-refractivity contribution is -0.115. The summed E-state index contributed by atoms with van der Waals surface area (Å²) in [6, 6.07) is 18.0. The summed E-state index contributed by atoms with van der Waals surface area (Å²) < 4.78 is 11.1. The van der Waals surface area contributed by atoms with Crippen LogP contribution in [-0.2, 0) is 11.2 Å². The van der Waals surface area contributed by atoms with Crippen LogP contribution in [0, 0.1) is 0 Å². The molecule has 2 heterocycles. The molecule has 0 saturated heterocycles. The number of hydrogen-bond donors (Lipinski definition) is 1. The summed E-state index contributed by atoms with van der Waals surface area (Å²) >= 11 is 0. The van der Waals surface area contributed by atoms with E-state index in [0.29, 0.717) is 28.5 Å². The number of carbonyl (C=O) groups excluding carboxylic acids is 2. The highest BCUT2D eigenvalue weighted by Gasteiger charge is 2.14. The molecule has 1 N–H and O–H groups in total. The van der Waals surface area contributed by atoms with E-state index in [2.05, 4.69) is 10.5 Å². The Labute approximate surface area is 154 Å². The molecule has 134 valence electrons. The van der Waals surface area contributed by atoms with Gasteiger partial charge >= 0.3 is 0 Å². The third-order valence-electron chi connectivity index (χ3n) is 4.12. The first-order chi connectivity index (χ1) is 13.1. The average Bonchev–Trinajstić information content (AvgIpc) is 3.28. The molecule has 6 nitrogen and oxygen atoms in total. The summed E-state index contributed by atoms with van der Waals surface area (Å²) in [6.07, 6.45) is 0.0496. The minimum atomic E-state index is -0.250. The standard InChI is InChI=1S/C21H16N2O4/c1-13(24)14-6-4-7-16(9-14)22-21(25)12-17-11-20(27-23-17)19-10-15-5-2-3-8-18(15)26-19/h2-11H,12H2,1H3,(H,22,25). The molecule has 1 amide bonds. The maximum absolute atomic E-state index is 12.2. The van der Waals surface area contributed by atoms with Gasteiger partial charge in [-0.05, 0) is 31.2 Å². The van der Waals surface area contributed by atoms with Crippen molar-refractivity contribution in [3.63, 3.8) is 0 Å². The van der Waals surface area contributed by atoms with Crippen molar-refractivity contribution in [3.05, 3.63) is 71.9 Å². The third kappa shape index (κ3) is 3.64. The number of fused-ring (bicyclic) bond motifs is 1. The van der Waals surface area contributed by atoms with Crippen LogP contribution in [0.3, 0.4) is 0 Å². The smallest absolute Gasteiger partial charge is 0.230 e. The average molecular weight is 360 g/mol. The van der Waals surface area contributed by atoms with Gasteiger partial charge in [-0.2, -0.15) is 0 Å². The van der Waals surface area contributed by atoms with Gasteiger partial charge in [0.05, 0.1) is 12.1 Å². The summed E-state index contributed by atoms with van der Waals surface area (Å²) in [7, 11) is 0. The number of rotatable bonds is 5. The van der Waals surface area contributed by atoms with Gasteiger partial charge in [0.2, 0.25) is 11.7 Å². The molecule has 0 aliphatic heterocycles. The maximum Gasteiger partial charge on any atom is 0.230 e. The zero-order valence-corrected chi connectivity index (χ0v) is 14.6. The van der Waals surface area contributed by atoms with Crippen molar-refractivity contribution < 1.29 is 18.5 Å². The van der Waals surface area contributed by atoms with E-state index in [4.69, 9.17) is 8.94 Å². The summed E-state index contributed by atoms with van der Waals surface area (Å²) in [5.74, 6) is 0.718. The fourth-order valence-corrected chi connectivity index (χ4v) is 2.80. The number of carbonyl (C=O) groups is 2. The molecule has 2 aromatic carbocycles. The molecule has 0 bridgehead atoms. The van der Waals surface area contributed by atoms with E-state index in [-0.39, 0.29) is 18.1 Å². The Morgan fingerprint density at radius 3 is 2.67 bits per heavy atom. The zero-order valence-electron chi connectivity index (χ0n) is 14.6. The van der Waals surface area contributed by atoms with Gasteiger partial charge in [-0.3, -0.25) is 9.59 Å². The monoisotopic (exact) mass is 360 g/mol. The molecule has 4 rings (SSSR count). The third-order valence-corrected chi connectivity index (χ3v) is 4.12. The highest BCUT2D eigenvalue weighted by Crippen LogP contribution is 2.28. The Morgan fingerprint density at radius 1 is 1.00 bits per heavy atom. The van der Waals surface area contributed by atoms with Crippen LogP contribution in [0.4, 0.5) is 5.69 Å². The van der Waals surface area contributed by atoms with E-state index in [1.807, 2.05) is 30.3 Å². The lowest BCUT2D eigenvalue weighted by Crippen LogP contribution is -2.14. The van der Waals surface area contributed by atoms with Crippen LogP contribution in [0.1, 0.15) is 23.0 Å². The number of Topliss-reactive ketones (excluding diaryl/α,β-unsaturated/α-hetero) is 1. The van der Waals surface area contributed by atoms with Crippen molar-refractivity contribution in [3.8, 4) is 11.5 Å². The fraction of sp³-hybridized carbons (Fsp3) is 0.0952. The molecule has 0 fully saturated rings. The van der Waals surface area contributed by atoms with E-state index in [1.54, 1.807) is 30.3 Å². The minimum absolute atomic E-state index is 0.0496. The molecule has 0 radical (unpaired) electrons. The van der Waals surface area contributed by atoms with Crippen LogP contribution in [-0.4, -0.2) is 16.8 Å². The van der Waals surface area contributed by atoms with Crippen LogP contribution < -0.4 is 5.32 Å². The molecule has 0 spiro atoms. The summed E-state index contributed by atoms with van der Waals surface area (Å²) in [6.45, 7) is 1.48. The highest BCUT2D eigenvalue weighted by atomic mass is 16.5. The largest absolute Gasteiger partial charge is 0.453 e. The van der Waals surface area contributed by atoms with E-state index in [1.165, 1.54) is 6.92 Å². The number of benzene rings is 2. The Hall–Kier alpha value is -3.67. The van der Waals surface area contributed by atoms with Gasteiger partial charge in [0.15, 0.2) is 11.5 Å². The normalized spacial score (nSPS) is 10.9. The Kier molecular flexibility index (Phi) is 4.30. The van der Waals surface area contributed by atoms with Crippen molar-refractivity contribution in [1.82, 2.24) is 5.16 Å². The molecule has 0 atom stereocenters. The van der Waals surface area contributed by atoms with Gasteiger partial charge in [-0.1, -0.05) is 35.5 Å². The fourth-order valence-electron chi connectivity index (χ4n) is 2.80. The molecule has 0 aliphatic rings. The summed E-state index contributed by atoms with van der Waals surface area (Å²) in [4.78, 5) is 23.7. The van der Waals surface area contributed by atoms with E-state index >= 15 is 0 Å². The lowest BCUT2D eigenvalue weighted by Gasteiger charge is -2.05. The molecular formula is C21H16N2O4. The van der Waals surface area contributed by atoms with Crippen LogP contribution in [0.25, 0.3) is 22.5 Å². The second-order valence-electron chi connectivity index (χ2n) is 6.19. The molecular weight excluding hydrogens is 344 g/mol. The van der Waals surface area contributed by atoms with Gasteiger partial charge in [0.1, 0.15) is 5.58 Å². The molecule has 0 unspecified atom stereocenters. The summed E-state index contributed by atoms with van der Waals surface area (Å²) in [5, 5.41) is 7.67. The predicted molar refractivity (Wildman–Crippen MR) is 100 cm³/mol. The first-order valence-corrected chi connectivity index (χ1v) is 8.44. The summed E-state index contributed by atoms with van der Waals surface area (Å²) in [5.41, 5.74) is 2.36. The SMILES string of the molecule is CC(=O)c1cccc(NC(=O)Cc2cc(-c3cc4ccccc4o3)on2)c1. The molecule has 0 aliphatic carbocycles. The minimum Gasteiger partial charge on any atom is -0.453 e. The molecule has 2 aromatic heterocycles. The van der Waals surface area contributed by atoms with Crippen LogP contribution in [0.2, 0.25) is 0 Å². The highest BCUT2D eigenvalue weighted by molar-refractivity contribution is 5.97. The molecule has 6 heteroatoms. The quantitative estimate of drug-likeness (QED) is 0.531. The van der Waals surface area contributed by atoms with Crippen molar-refractivity contribution in [2.24, 2.45) is 0 Å². The van der Waals surface area contributed by atoms with E-state index in [0.717, 1.165) is 11.0 Å². The number of para-hydroxylation sites is 1. The van der Waals surface area contributed by atoms with Gasteiger partial charge in [-0.15, -0.1) is 0 Å². The number of furan rings is 1. The molecule has 4 aromatic rings. The second-order valence-corrected chi connectivity index (χ2v) is 6.19. The maximum atomic E-state index is 12.2. The number of aromatic nitrogens is 1. The number of hydrogen-bond acceptors (Lipinski definition) is 5. The van der Waals surface area contributed by atoms with Gasteiger partial charge < -0.3 is 14.3 Å². The van der Waals surface area contributed by atoms with Crippen molar-refractivity contribution in [2.45, 2.75) is 13.3 Å². The van der Waals surface area contributed by atoms with Gasteiger partial charge in [0, 0.05) is 22.7 Å². The van der Waals surface area contributed by atoms with Gasteiger partial charge in [-0.25, -0.2) is 0 Å². The Morgan fingerprint density at radius 2 is 1.85 bits per heavy atom.